The van der Waals surface area contributed by atoms with Gasteiger partial charge in [-0.3, -0.25) is 4.79 Å². The third-order valence-corrected chi connectivity index (χ3v) is 6.00. The second-order valence-electron chi connectivity index (χ2n) is 6.07. The van der Waals surface area contributed by atoms with Crippen molar-refractivity contribution >= 4 is 33.0 Å². The summed E-state index contributed by atoms with van der Waals surface area (Å²) in [6, 6.07) is 11.4. The number of hydrogen-bond donors (Lipinski definition) is 0. The highest BCUT2D eigenvalue weighted by Crippen LogP contribution is 2.29. The molecule has 0 aromatic heterocycles. The van der Waals surface area contributed by atoms with Crippen LogP contribution in [-0.2, 0) is 9.84 Å². The van der Waals surface area contributed by atoms with E-state index in [4.69, 9.17) is 16.3 Å². The molecule has 5 nitrogen and oxygen atoms in total. The molecule has 0 spiro atoms. The van der Waals surface area contributed by atoms with Crippen molar-refractivity contribution in [1.29, 1.82) is 0 Å². The number of methoxy groups -OCH3 is 1. The molecule has 0 radical (unpaired) electrons. The summed E-state index contributed by atoms with van der Waals surface area (Å²) in [5.74, 6) is 0.0664. The number of carbonyl (C=O) groups is 1. The Labute approximate surface area is 157 Å². The second-order valence-corrected chi connectivity index (χ2v) is 8.40. The number of amides is 1. The van der Waals surface area contributed by atoms with Crippen molar-refractivity contribution in [2.24, 2.45) is 0 Å². The third kappa shape index (κ3) is 3.76. The van der Waals surface area contributed by atoms with Crippen molar-refractivity contribution in [3.8, 4) is 5.75 Å². The zero-order valence-corrected chi connectivity index (χ0v) is 15.9. The van der Waals surface area contributed by atoms with Crippen LogP contribution in [0.1, 0.15) is 15.9 Å². The molecule has 2 aromatic rings. The van der Waals surface area contributed by atoms with Gasteiger partial charge >= 0.3 is 0 Å². The van der Waals surface area contributed by atoms with E-state index in [0.29, 0.717) is 22.0 Å². The molecule has 0 aliphatic carbocycles. The average Bonchev–Trinajstić information content (AvgIpc) is 2.97. The first kappa shape index (κ1) is 18.5. The second kappa shape index (κ2) is 7.13. The number of hydrogen-bond acceptors (Lipinski definition) is 4. The summed E-state index contributed by atoms with van der Waals surface area (Å²) in [6.07, 6.45) is 1.53. The lowest BCUT2D eigenvalue weighted by atomic mass is 10.1. The predicted octanol–water partition coefficient (Wildman–Crippen LogP) is 3.61. The first-order valence-electron chi connectivity index (χ1n) is 7.95. The minimum atomic E-state index is -3.33. The number of rotatable bonds is 4. The molecule has 3 rings (SSSR count). The first-order chi connectivity index (χ1) is 12.3. The fraction of sp³-hybridized carbons (Fsp3) is 0.211. The number of halogens is 1. The van der Waals surface area contributed by atoms with Gasteiger partial charge in [0, 0.05) is 21.7 Å². The molecule has 0 saturated carbocycles. The van der Waals surface area contributed by atoms with Gasteiger partial charge in [0.05, 0.1) is 18.9 Å². The summed E-state index contributed by atoms with van der Waals surface area (Å²) in [5, 5.41) is 1.66. The van der Waals surface area contributed by atoms with Crippen LogP contribution in [0.25, 0.3) is 0 Å². The van der Waals surface area contributed by atoms with E-state index in [1.807, 2.05) is 6.92 Å². The highest BCUT2D eigenvalue weighted by atomic mass is 35.5. The van der Waals surface area contributed by atoms with Crippen molar-refractivity contribution in [2.75, 3.05) is 17.8 Å². The number of aryl methyl sites for hydroxylation is 1. The molecule has 1 atom stereocenters. The van der Waals surface area contributed by atoms with Crippen LogP contribution in [0.4, 0.5) is 5.69 Å². The Morgan fingerprint density at radius 2 is 2.00 bits per heavy atom. The monoisotopic (exact) mass is 391 g/mol. The Kier molecular flexibility index (Phi) is 5.07. The summed E-state index contributed by atoms with van der Waals surface area (Å²) >= 11 is 6.22. The van der Waals surface area contributed by atoms with Crippen LogP contribution in [0.3, 0.4) is 0 Å². The van der Waals surface area contributed by atoms with Gasteiger partial charge in [0.1, 0.15) is 5.75 Å². The summed E-state index contributed by atoms with van der Waals surface area (Å²) < 4.78 is 29.0. The molecule has 7 heteroatoms. The van der Waals surface area contributed by atoms with E-state index in [0.717, 1.165) is 11.0 Å². The summed E-state index contributed by atoms with van der Waals surface area (Å²) in [4.78, 5) is 14.7. The van der Waals surface area contributed by atoms with E-state index >= 15 is 0 Å². The van der Waals surface area contributed by atoms with Crippen LogP contribution < -0.4 is 9.64 Å². The smallest absolute Gasteiger partial charge is 0.258 e. The fourth-order valence-electron chi connectivity index (χ4n) is 2.81. The minimum Gasteiger partial charge on any atom is -0.497 e. The normalized spacial score (nSPS) is 17.9. The van der Waals surface area contributed by atoms with Crippen LogP contribution in [0.2, 0.25) is 5.02 Å². The highest BCUT2D eigenvalue weighted by molar-refractivity contribution is 7.94. The Morgan fingerprint density at radius 1 is 1.23 bits per heavy atom. The maximum absolute atomic E-state index is 13.2. The van der Waals surface area contributed by atoms with E-state index in [9.17, 15) is 13.2 Å². The van der Waals surface area contributed by atoms with Gasteiger partial charge in [-0.1, -0.05) is 23.7 Å². The van der Waals surface area contributed by atoms with E-state index in [1.165, 1.54) is 18.1 Å². The van der Waals surface area contributed by atoms with E-state index in [-0.39, 0.29) is 11.7 Å². The molecule has 1 heterocycles. The van der Waals surface area contributed by atoms with Gasteiger partial charge in [-0.05, 0) is 48.9 Å². The number of sulfone groups is 1. The number of carbonyl (C=O) groups excluding carboxylic acids is 1. The quantitative estimate of drug-likeness (QED) is 0.798. The Bertz CT molecular complexity index is 985. The fourth-order valence-corrected chi connectivity index (χ4v) is 4.25. The van der Waals surface area contributed by atoms with Crippen LogP contribution in [0.5, 0.6) is 5.75 Å². The van der Waals surface area contributed by atoms with Crippen molar-refractivity contribution in [3.05, 3.63) is 70.1 Å². The molecule has 26 heavy (non-hydrogen) atoms. The van der Waals surface area contributed by atoms with E-state index < -0.39 is 15.9 Å². The maximum Gasteiger partial charge on any atom is 0.258 e. The third-order valence-electron chi connectivity index (χ3n) is 4.21. The van der Waals surface area contributed by atoms with Crippen LogP contribution in [-0.4, -0.2) is 33.2 Å². The summed E-state index contributed by atoms with van der Waals surface area (Å²) in [5.41, 5.74) is 1.82. The highest BCUT2D eigenvalue weighted by Gasteiger charge is 2.32. The molecule has 2 aromatic carbocycles. The van der Waals surface area contributed by atoms with Gasteiger partial charge in [-0.15, -0.1) is 0 Å². The molecular weight excluding hydrogens is 374 g/mol. The molecule has 0 saturated heterocycles. The number of anilines is 1. The van der Waals surface area contributed by atoms with Gasteiger partial charge in [-0.25, -0.2) is 8.42 Å². The predicted molar refractivity (Wildman–Crippen MR) is 103 cm³/mol. The first-order valence-corrected chi connectivity index (χ1v) is 10.0. The molecule has 1 unspecified atom stereocenters. The zero-order valence-electron chi connectivity index (χ0n) is 14.3. The zero-order chi connectivity index (χ0) is 18.9. The Hall–Kier alpha value is -2.31. The molecule has 1 aliphatic rings. The molecule has 1 aliphatic heterocycles. The molecule has 0 fully saturated rings. The minimum absolute atomic E-state index is 0.159. The van der Waals surface area contributed by atoms with Gasteiger partial charge in [0.2, 0.25) is 0 Å². The molecule has 1 amide bonds. The van der Waals surface area contributed by atoms with Gasteiger partial charge < -0.3 is 9.64 Å². The topological polar surface area (TPSA) is 63.7 Å². The summed E-state index contributed by atoms with van der Waals surface area (Å²) in [7, 11) is -1.81. The molecule has 0 N–H and O–H groups in total. The Morgan fingerprint density at radius 3 is 2.62 bits per heavy atom. The average molecular weight is 392 g/mol. The van der Waals surface area contributed by atoms with Gasteiger partial charge in [0.15, 0.2) is 9.84 Å². The van der Waals surface area contributed by atoms with Crippen molar-refractivity contribution in [3.63, 3.8) is 0 Å². The molecule has 0 bridgehead atoms. The van der Waals surface area contributed by atoms with Gasteiger partial charge in [0.25, 0.3) is 5.91 Å². The lowest BCUT2D eigenvalue weighted by Crippen LogP contribution is -2.41. The van der Waals surface area contributed by atoms with Crippen molar-refractivity contribution in [2.45, 2.75) is 13.0 Å². The van der Waals surface area contributed by atoms with Crippen molar-refractivity contribution < 1.29 is 17.9 Å². The Balaban J connectivity index is 2.06. The maximum atomic E-state index is 13.2. The summed E-state index contributed by atoms with van der Waals surface area (Å²) in [6.45, 7) is 1.86. The van der Waals surface area contributed by atoms with Crippen LogP contribution in [0, 0.1) is 6.92 Å². The lowest BCUT2D eigenvalue weighted by Gasteiger charge is -2.28. The standard InChI is InChI=1S/C19H18ClNO4S/c1-13-6-7-15(11-18(13)20)21(16-8-9-26(23,24)12-16)19(22)14-4-3-5-17(10-14)25-2/h3-11,16H,12H2,1-2H3. The van der Waals surface area contributed by atoms with Crippen LogP contribution >= 0.6 is 11.6 Å². The van der Waals surface area contributed by atoms with E-state index in [1.54, 1.807) is 42.5 Å². The number of benzene rings is 2. The number of ether oxygens (including phenoxy) is 1. The SMILES string of the molecule is COc1cccc(C(=O)N(c2ccc(C)c(Cl)c2)C2C=CS(=O)(=O)C2)c1. The van der Waals surface area contributed by atoms with Gasteiger partial charge in [-0.2, -0.15) is 0 Å². The molecule has 136 valence electrons. The lowest BCUT2D eigenvalue weighted by molar-refractivity contribution is 0.0983. The van der Waals surface area contributed by atoms with E-state index in [2.05, 4.69) is 0 Å². The molecular formula is C19H18ClNO4S. The van der Waals surface area contributed by atoms with Crippen LogP contribution in [0.15, 0.2) is 53.9 Å². The van der Waals surface area contributed by atoms with Crippen molar-refractivity contribution in [1.82, 2.24) is 0 Å². The number of nitrogens with zero attached hydrogens (tertiary/aromatic N) is 1. The largest absolute Gasteiger partial charge is 0.497 e.